The summed E-state index contributed by atoms with van der Waals surface area (Å²) in [4.78, 5) is 5.06. The molecule has 2 aliphatic rings. The van der Waals surface area contributed by atoms with Crippen molar-refractivity contribution in [1.29, 1.82) is 5.26 Å². The van der Waals surface area contributed by atoms with Crippen LogP contribution in [0.25, 0.3) is 0 Å². The Labute approximate surface area is 118 Å². The van der Waals surface area contributed by atoms with Crippen LogP contribution >= 0.6 is 0 Å². The van der Waals surface area contributed by atoms with Gasteiger partial charge in [0.2, 0.25) is 0 Å². The predicted octanol–water partition coefficient (Wildman–Crippen LogP) is 3.02. The molecule has 2 heterocycles. The fraction of sp³-hybridized carbons (Fsp3) is 0.938. The first kappa shape index (κ1) is 14.8. The maximum atomic E-state index is 9.83. The van der Waals surface area contributed by atoms with E-state index in [9.17, 15) is 5.26 Å². The van der Waals surface area contributed by atoms with Crippen molar-refractivity contribution in [2.45, 2.75) is 70.4 Å². The fourth-order valence-corrected chi connectivity index (χ4v) is 3.65. The summed E-state index contributed by atoms with van der Waals surface area (Å²) < 4.78 is 0. The molecule has 108 valence electrons. The molecule has 0 spiro atoms. The second kappa shape index (κ2) is 6.72. The van der Waals surface area contributed by atoms with Crippen molar-refractivity contribution in [2.24, 2.45) is 0 Å². The molecule has 1 atom stereocenters. The van der Waals surface area contributed by atoms with Crippen LogP contribution in [0.2, 0.25) is 0 Å². The van der Waals surface area contributed by atoms with Gasteiger partial charge >= 0.3 is 0 Å². The van der Waals surface area contributed by atoms with Crippen molar-refractivity contribution in [1.82, 2.24) is 9.80 Å². The van der Waals surface area contributed by atoms with Crippen LogP contribution in [-0.2, 0) is 0 Å². The molecule has 3 nitrogen and oxygen atoms in total. The van der Waals surface area contributed by atoms with E-state index in [1.54, 1.807) is 0 Å². The summed E-state index contributed by atoms with van der Waals surface area (Å²) in [5.41, 5.74) is -0.173. The van der Waals surface area contributed by atoms with Gasteiger partial charge in [0.05, 0.1) is 6.07 Å². The molecule has 0 aromatic rings. The minimum atomic E-state index is -0.173. The van der Waals surface area contributed by atoms with E-state index in [0.29, 0.717) is 6.04 Å². The molecule has 0 saturated carbocycles. The van der Waals surface area contributed by atoms with Crippen molar-refractivity contribution in [3.05, 3.63) is 0 Å². The number of nitrogens with zero attached hydrogens (tertiary/aromatic N) is 3. The molecule has 0 aliphatic carbocycles. The van der Waals surface area contributed by atoms with Gasteiger partial charge in [-0.05, 0) is 65.6 Å². The van der Waals surface area contributed by atoms with Crippen LogP contribution in [-0.4, -0.2) is 47.6 Å². The van der Waals surface area contributed by atoms with Crippen molar-refractivity contribution in [3.8, 4) is 6.07 Å². The maximum absolute atomic E-state index is 9.83. The van der Waals surface area contributed by atoms with Crippen LogP contribution < -0.4 is 0 Å². The average molecular weight is 263 g/mol. The van der Waals surface area contributed by atoms with Gasteiger partial charge in [0, 0.05) is 12.6 Å². The minimum Gasteiger partial charge on any atom is -0.301 e. The van der Waals surface area contributed by atoms with E-state index >= 15 is 0 Å². The molecule has 2 aliphatic heterocycles. The molecule has 2 fully saturated rings. The number of hydrogen-bond acceptors (Lipinski definition) is 3. The topological polar surface area (TPSA) is 30.3 Å². The van der Waals surface area contributed by atoms with Gasteiger partial charge < -0.3 is 4.90 Å². The highest BCUT2D eigenvalue weighted by Crippen LogP contribution is 2.31. The maximum Gasteiger partial charge on any atom is 0.110 e. The summed E-state index contributed by atoms with van der Waals surface area (Å²) in [7, 11) is 0. The quantitative estimate of drug-likeness (QED) is 0.767. The number of rotatable bonds is 2. The van der Waals surface area contributed by atoms with Crippen molar-refractivity contribution >= 4 is 0 Å². The van der Waals surface area contributed by atoms with Gasteiger partial charge in [-0.25, -0.2) is 0 Å². The zero-order valence-electron chi connectivity index (χ0n) is 12.7. The summed E-state index contributed by atoms with van der Waals surface area (Å²) in [6.07, 6.45) is 8.50. The zero-order chi connectivity index (χ0) is 13.7. The van der Waals surface area contributed by atoms with E-state index in [1.165, 1.54) is 32.1 Å². The first-order chi connectivity index (χ1) is 9.18. The highest BCUT2D eigenvalue weighted by atomic mass is 15.2. The second-order valence-corrected chi connectivity index (χ2v) is 6.53. The molecule has 0 N–H and O–H groups in total. The number of likely N-dealkylation sites (tertiary alicyclic amines) is 2. The molecule has 0 aromatic heterocycles. The first-order valence-electron chi connectivity index (χ1n) is 8.08. The zero-order valence-corrected chi connectivity index (χ0v) is 12.7. The molecular formula is C16H29N3. The van der Waals surface area contributed by atoms with Crippen LogP contribution in [0.15, 0.2) is 0 Å². The fourth-order valence-electron chi connectivity index (χ4n) is 3.65. The first-order valence-corrected chi connectivity index (χ1v) is 8.08. The van der Waals surface area contributed by atoms with Gasteiger partial charge in [-0.2, -0.15) is 5.26 Å². The van der Waals surface area contributed by atoms with Crippen LogP contribution in [0.3, 0.4) is 0 Å². The van der Waals surface area contributed by atoms with Gasteiger partial charge in [-0.15, -0.1) is 0 Å². The van der Waals surface area contributed by atoms with E-state index in [2.05, 4.69) is 29.7 Å². The van der Waals surface area contributed by atoms with Crippen molar-refractivity contribution in [2.75, 3.05) is 26.2 Å². The van der Waals surface area contributed by atoms with E-state index in [0.717, 1.165) is 39.0 Å². The lowest BCUT2D eigenvalue weighted by atomic mass is 9.89. The van der Waals surface area contributed by atoms with Crippen LogP contribution in [0.5, 0.6) is 0 Å². The molecule has 3 heteroatoms. The van der Waals surface area contributed by atoms with E-state index < -0.39 is 0 Å². The Hall–Kier alpha value is -0.590. The Bertz CT molecular complexity index is 312. The highest BCUT2D eigenvalue weighted by molar-refractivity contribution is 5.10. The third kappa shape index (κ3) is 3.49. The Morgan fingerprint density at radius 1 is 0.895 bits per heavy atom. The Balaban J connectivity index is 2.07. The standard InChI is InChI=1S/C16H29N3/c1-15(2)18-10-7-8-16(14-17,9-13-18)19-11-5-3-4-6-12-19/h15H,3-13H2,1-2H3. The molecular weight excluding hydrogens is 234 g/mol. The Kier molecular flexibility index (Phi) is 5.24. The van der Waals surface area contributed by atoms with Crippen LogP contribution in [0.4, 0.5) is 0 Å². The van der Waals surface area contributed by atoms with E-state index in [1.807, 2.05) is 0 Å². The molecule has 2 rings (SSSR count). The number of hydrogen-bond donors (Lipinski definition) is 0. The predicted molar refractivity (Wildman–Crippen MR) is 78.9 cm³/mol. The van der Waals surface area contributed by atoms with Gasteiger partial charge in [-0.3, -0.25) is 4.90 Å². The lowest BCUT2D eigenvalue weighted by Crippen LogP contribution is -2.49. The molecule has 0 bridgehead atoms. The summed E-state index contributed by atoms with van der Waals surface area (Å²) in [5, 5.41) is 9.83. The van der Waals surface area contributed by atoms with Gasteiger partial charge in [0.1, 0.15) is 5.54 Å². The molecule has 0 radical (unpaired) electrons. The Morgan fingerprint density at radius 3 is 2.16 bits per heavy atom. The SMILES string of the molecule is CC(C)N1CCCC(C#N)(N2CCCCCC2)CC1. The van der Waals surface area contributed by atoms with Gasteiger partial charge in [-0.1, -0.05) is 12.8 Å². The smallest absolute Gasteiger partial charge is 0.110 e. The third-order valence-electron chi connectivity index (χ3n) is 5.00. The van der Waals surface area contributed by atoms with E-state index in [4.69, 9.17) is 0 Å². The minimum absolute atomic E-state index is 0.173. The lowest BCUT2D eigenvalue weighted by molar-refractivity contribution is 0.121. The molecule has 0 aromatic carbocycles. The van der Waals surface area contributed by atoms with Gasteiger partial charge in [0.15, 0.2) is 0 Å². The van der Waals surface area contributed by atoms with Crippen molar-refractivity contribution < 1.29 is 0 Å². The van der Waals surface area contributed by atoms with Crippen molar-refractivity contribution in [3.63, 3.8) is 0 Å². The monoisotopic (exact) mass is 263 g/mol. The van der Waals surface area contributed by atoms with E-state index in [-0.39, 0.29) is 5.54 Å². The molecule has 0 amide bonds. The van der Waals surface area contributed by atoms with Crippen LogP contribution in [0, 0.1) is 11.3 Å². The normalized spacial score (nSPS) is 31.7. The Morgan fingerprint density at radius 2 is 1.58 bits per heavy atom. The summed E-state index contributed by atoms with van der Waals surface area (Å²) in [6.45, 7) is 9.05. The molecule has 1 unspecified atom stereocenters. The average Bonchev–Trinajstić information content (AvgIpc) is 2.80. The third-order valence-corrected chi connectivity index (χ3v) is 5.00. The second-order valence-electron chi connectivity index (χ2n) is 6.53. The van der Waals surface area contributed by atoms with Crippen LogP contribution in [0.1, 0.15) is 58.8 Å². The summed E-state index contributed by atoms with van der Waals surface area (Å²) in [5.74, 6) is 0. The summed E-state index contributed by atoms with van der Waals surface area (Å²) in [6, 6.07) is 3.32. The number of nitriles is 1. The lowest BCUT2D eigenvalue weighted by Gasteiger charge is -2.38. The van der Waals surface area contributed by atoms with Gasteiger partial charge in [0.25, 0.3) is 0 Å². The summed E-state index contributed by atoms with van der Waals surface area (Å²) >= 11 is 0. The molecule has 2 saturated heterocycles. The molecule has 19 heavy (non-hydrogen) atoms. The largest absolute Gasteiger partial charge is 0.301 e. The highest BCUT2D eigenvalue weighted by Gasteiger charge is 2.38.